The fourth-order valence-electron chi connectivity index (χ4n) is 1.16. The lowest BCUT2D eigenvalue weighted by Gasteiger charge is -1.87. The highest BCUT2D eigenvalue weighted by Crippen LogP contribution is 2.45. The number of carboxylic acids is 1. The van der Waals surface area contributed by atoms with Crippen LogP contribution in [0, 0.1) is 5.92 Å². The van der Waals surface area contributed by atoms with Gasteiger partial charge in [-0.25, -0.2) is 4.98 Å². The van der Waals surface area contributed by atoms with Gasteiger partial charge in [0.2, 0.25) is 0 Å². The summed E-state index contributed by atoms with van der Waals surface area (Å²) in [6, 6.07) is 0. The van der Waals surface area contributed by atoms with Crippen molar-refractivity contribution in [1.29, 1.82) is 0 Å². The van der Waals surface area contributed by atoms with E-state index in [-0.39, 0.29) is 11.8 Å². The van der Waals surface area contributed by atoms with Crippen molar-refractivity contribution >= 4 is 5.97 Å². The highest BCUT2D eigenvalue weighted by molar-refractivity contribution is 5.74. The average Bonchev–Trinajstić information content (AvgIpc) is 2.60. The van der Waals surface area contributed by atoms with Crippen molar-refractivity contribution in [2.24, 2.45) is 5.92 Å². The Morgan fingerprint density at radius 1 is 1.82 bits per heavy atom. The summed E-state index contributed by atoms with van der Waals surface area (Å²) >= 11 is 0. The Hall–Kier alpha value is -1.39. The lowest BCUT2D eigenvalue weighted by atomic mass is 10.3. The number of aliphatic carboxylic acids is 1. The Morgan fingerprint density at radius 3 is 3.09 bits per heavy atom. The van der Waals surface area contributed by atoms with E-state index in [4.69, 9.17) is 5.11 Å². The third kappa shape index (κ3) is 0.978. The molecule has 58 valence electrons. The molecule has 0 radical (unpaired) electrons. The van der Waals surface area contributed by atoms with Crippen LogP contribution in [0.4, 0.5) is 0 Å². The molecule has 1 fully saturated rings. The molecule has 1 aliphatic carbocycles. The van der Waals surface area contributed by atoms with Gasteiger partial charge in [-0.1, -0.05) is 0 Å². The molecule has 0 bridgehead atoms. The van der Waals surface area contributed by atoms with Crippen LogP contribution in [0.25, 0.3) is 0 Å². The largest absolute Gasteiger partial charge is 0.481 e. The van der Waals surface area contributed by atoms with Crippen LogP contribution in [-0.4, -0.2) is 26.3 Å². The third-order valence-electron chi connectivity index (χ3n) is 1.89. The maximum absolute atomic E-state index is 10.4. The van der Waals surface area contributed by atoms with Gasteiger partial charge >= 0.3 is 5.97 Å². The Labute approximate surface area is 62.5 Å². The van der Waals surface area contributed by atoms with E-state index in [2.05, 4.69) is 15.2 Å². The van der Waals surface area contributed by atoms with E-state index in [0.717, 1.165) is 0 Å². The number of rotatable bonds is 2. The first kappa shape index (κ1) is 6.33. The lowest BCUT2D eigenvalue weighted by molar-refractivity contribution is -0.138. The molecule has 0 spiro atoms. The van der Waals surface area contributed by atoms with E-state index in [0.29, 0.717) is 12.2 Å². The molecule has 5 nitrogen and oxygen atoms in total. The number of H-pyrrole nitrogens is 1. The number of carboxylic acid groups (broad SMARTS) is 1. The SMILES string of the molecule is O=C(O)[C@@H]1C[C@H]1c1ncn[nH]1. The number of carbonyl (C=O) groups is 1. The van der Waals surface area contributed by atoms with E-state index >= 15 is 0 Å². The zero-order chi connectivity index (χ0) is 7.84. The molecule has 0 unspecified atom stereocenters. The van der Waals surface area contributed by atoms with Crippen LogP contribution in [0.5, 0.6) is 0 Å². The van der Waals surface area contributed by atoms with Gasteiger partial charge in [-0.15, -0.1) is 0 Å². The van der Waals surface area contributed by atoms with Crippen LogP contribution in [0.1, 0.15) is 18.2 Å². The van der Waals surface area contributed by atoms with Gasteiger partial charge in [0.05, 0.1) is 5.92 Å². The van der Waals surface area contributed by atoms with E-state index in [1.54, 1.807) is 0 Å². The maximum atomic E-state index is 10.4. The van der Waals surface area contributed by atoms with Gasteiger partial charge < -0.3 is 5.11 Å². The minimum absolute atomic E-state index is 0.0648. The standard InChI is InChI=1S/C6H7N3O2/c10-6(11)4-1-3(4)5-7-2-8-9-5/h2-4H,1H2,(H,10,11)(H,7,8,9)/t3-,4-/m1/s1. The topological polar surface area (TPSA) is 78.9 Å². The average molecular weight is 153 g/mol. The van der Waals surface area contributed by atoms with Crippen LogP contribution < -0.4 is 0 Å². The first-order valence-electron chi connectivity index (χ1n) is 3.37. The number of nitrogens with zero attached hydrogens (tertiary/aromatic N) is 2. The van der Waals surface area contributed by atoms with Crippen LogP contribution in [0.2, 0.25) is 0 Å². The fraction of sp³-hybridized carbons (Fsp3) is 0.500. The van der Waals surface area contributed by atoms with E-state index < -0.39 is 5.97 Å². The Balaban J connectivity index is 2.08. The molecule has 11 heavy (non-hydrogen) atoms. The van der Waals surface area contributed by atoms with E-state index in [1.807, 2.05) is 0 Å². The summed E-state index contributed by atoms with van der Waals surface area (Å²) in [6.45, 7) is 0. The zero-order valence-corrected chi connectivity index (χ0v) is 5.69. The molecule has 2 atom stereocenters. The summed E-state index contributed by atoms with van der Waals surface area (Å²) in [5.41, 5.74) is 0. The quantitative estimate of drug-likeness (QED) is 0.626. The van der Waals surface area contributed by atoms with Gasteiger partial charge in [0.1, 0.15) is 12.2 Å². The first-order chi connectivity index (χ1) is 5.29. The van der Waals surface area contributed by atoms with Crippen molar-refractivity contribution in [3.63, 3.8) is 0 Å². The van der Waals surface area contributed by atoms with Gasteiger partial charge in [0.25, 0.3) is 0 Å². The molecular weight excluding hydrogens is 146 g/mol. The molecule has 1 heterocycles. The van der Waals surface area contributed by atoms with Crippen molar-refractivity contribution in [3.8, 4) is 0 Å². The van der Waals surface area contributed by atoms with Gasteiger partial charge in [0, 0.05) is 5.92 Å². The highest BCUT2D eigenvalue weighted by atomic mass is 16.4. The van der Waals surface area contributed by atoms with E-state index in [9.17, 15) is 4.79 Å². The molecule has 2 N–H and O–H groups in total. The maximum Gasteiger partial charge on any atom is 0.307 e. The second-order valence-electron chi connectivity index (χ2n) is 2.66. The lowest BCUT2D eigenvalue weighted by Crippen LogP contribution is -1.99. The van der Waals surface area contributed by atoms with Crippen molar-refractivity contribution in [1.82, 2.24) is 15.2 Å². The second kappa shape index (κ2) is 2.05. The van der Waals surface area contributed by atoms with Gasteiger partial charge in [-0.3, -0.25) is 9.89 Å². The summed E-state index contributed by atoms with van der Waals surface area (Å²) in [5.74, 6) is -0.234. The summed E-state index contributed by atoms with van der Waals surface area (Å²) < 4.78 is 0. The molecule has 5 heteroatoms. The van der Waals surface area contributed by atoms with Crippen molar-refractivity contribution in [2.75, 3.05) is 0 Å². The van der Waals surface area contributed by atoms with Gasteiger partial charge in [-0.05, 0) is 6.42 Å². The molecule has 1 aliphatic rings. The Morgan fingerprint density at radius 2 is 2.64 bits per heavy atom. The molecule has 0 aliphatic heterocycles. The summed E-state index contributed by atoms with van der Waals surface area (Å²) in [4.78, 5) is 14.3. The normalized spacial score (nSPS) is 28.4. The number of aromatic nitrogens is 3. The number of hydrogen-bond donors (Lipinski definition) is 2. The molecule has 0 aromatic carbocycles. The summed E-state index contributed by atoms with van der Waals surface area (Å²) in [6.07, 6.45) is 2.08. The van der Waals surface area contributed by atoms with Crippen molar-refractivity contribution in [2.45, 2.75) is 12.3 Å². The predicted molar refractivity (Wildman–Crippen MR) is 34.9 cm³/mol. The summed E-state index contributed by atoms with van der Waals surface area (Å²) in [5, 5.41) is 14.9. The Kier molecular flexibility index (Phi) is 1.18. The van der Waals surface area contributed by atoms with Gasteiger partial charge in [-0.2, -0.15) is 5.10 Å². The van der Waals surface area contributed by atoms with Crippen molar-refractivity contribution < 1.29 is 9.90 Å². The predicted octanol–water partition coefficient (Wildman–Crippen LogP) is -0.00720. The molecule has 1 aromatic heterocycles. The van der Waals surface area contributed by atoms with Crippen LogP contribution in [0.3, 0.4) is 0 Å². The minimum Gasteiger partial charge on any atom is -0.481 e. The molecule has 1 aromatic rings. The molecule has 0 amide bonds. The first-order valence-corrected chi connectivity index (χ1v) is 3.37. The monoisotopic (exact) mass is 153 g/mol. The smallest absolute Gasteiger partial charge is 0.307 e. The fourth-order valence-corrected chi connectivity index (χ4v) is 1.16. The molecule has 2 rings (SSSR count). The minimum atomic E-state index is -0.744. The van der Waals surface area contributed by atoms with E-state index in [1.165, 1.54) is 6.33 Å². The van der Waals surface area contributed by atoms with Crippen LogP contribution in [0.15, 0.2) is 6.33 Å². The summed E-state index contributed by atoms with van der Waals surface area (Å²) in [7, 11) is 0. The highest BCUT2D eigenvalue weighted by Gasteiger charge is 2.46. The van der Waals surface area contributed by atoms with Crippen LogP contribution in [-0.2, 0) is 4.79 Å². The molecule has 0 saturated heterocycles. The number of hydrogen-bond acceptors (Lipinski definition) is 3. The Bertz CT molecular complexity index is 269. The molecular formula is C6H7N3O2. The van der Waals surface area contributed by atoms with Gasteiger partial charge in [0.15, 0.2) is 0 Å². The van der Waals surface area contributed by atoms with Crippen molar-refractivity contribution in [3.05, 3.63) is 12.2 Å². The second-order valence-corrected chi connectivity index (χ2v) is 2.66. The number of aromatic amines is 1. The van der Waals surface area contributed by atoms with Crippen LogP contribution >= 0.6 is 0 Å². The third-order valence-corrected chi connectivity index (χ3v) is 1.89. The number of nitrogens with one attached hydrogen (secondary N) is 1. The zero-order valence-electron chi connectivity index (χ0n) is 5.69. The molecule has 1 saturated carbocycles.